The molecule has 0 saturated carbocycles. The highest BCUT2D eigenvalue weighted by Gasteiger charge is 2.25. The minimum Gasteiger partial charge on any atom is -0.381 e. The van der Waals surface area contributed by atoms with E-state index in [0.29, 0.717) is 0 Å². The molecule has 2 heterocycles. The highest BCUT2D eigenvalue weighted by atomic mass is 16.5. The number of ether oxygens (including phenoxy) is 1. The Kier molecular flexibility index (Phi) is 5.07. The third kappa shape index (κ3) is 3.44. The molecule has 0 spiro atoms. The van der Waals surface area contributed by atoms with Gasteiger partial charge in [0.25, 0.3) is 0 Å². The molecule has 2 rings (SSSR count). The second-order valence-corrected chi connectivity index (χ2v) is 5.26. The molecule has 3 heteroatoms. The Hall–Kier alpha value is -0.120. The number of piperidine rings is 1. The molecule has 2 aliphatic heterocycles. The summed E-state index contributed by atoms with van der Waals surface area (Å²) in [5.41, 5.74) is 0. The van der Waals surface area contributed by atoms with Crippen LogP contribution < -0.4 is 5.32 Å². The van der Waals surface area contributed by atoms with E-state index in [2.05, 4.69) is 17.3 Å². The molecule has 0 aliphatic carbocycles. The van der Waals surface area contributed by atoms with Crippen LogP contribution in [0.5, 0.6) is 0 Å². The first-order valence-corrected chi connectivity index (χ1v) is 6.86. The maximum absolute atomic E-state index is 5.43. The second kappa shape index (κ2) is 6.58. The smallest absolute Gasteiger partial charge is 0.0469 e. The zero-order valence-electron chi connectivity index (χ0n) is 10.6. The Balaban J connectivity index is 1.80. The fraction of sp³-hybridized carbons (Fsp3) is 1.00. The molecule has 0 radical (unpaired) electrons. The summed E-state index contributed by atoms with van der Waals surface area (Å²) < 4.78 is 5.43. The standard InChI is InChI=1S/C13H26N2O/c1-14-10-13-4-2-3-7-15(13)11-12-5-8-16-9-6-12/h12-14H,2-11H2,1H3. The first kappa shape index (κ1) is 12.3. The van der Waals surface area contributed by atoms with Crippen molar-refractivity contribution in [1.29, 1.82) is 0 Å². The first-order chi connectivity index (χ1) is 7.90. The van der Waals surface area contributed by atoms with Crippen LogP contribution in [-0.4, -0.2) is 50.8 Å². The maximum Gasteiger partial charge on any atom is 0.0469 e. The SMILES string of the molecule is CNCC1CCCCN1CC1CCOCC1. The van der Waals surface area contributed by atoms with Crippen LogP contribution in [0.15, 0.2) is 0 Å². The number of likely N-dealkylation sites (N-methyl/N-ethyl adjacent to an activating group) is 1. The van der Waals surface area contributed by atoms with Gasteiger partial charge in [-0.05, 0) is 45.2 Å². The summed E-state index contributed by atoms with van der Waals surface area (Å²) in [4.78, 5) is 2.72. The van der Waals surface area contributed by atoms with E-state index in [1.807, 2.05) is 0 Å². The summed E-state index contributed by atoms with van der Waals surface area (Å²) in [6.45, 7) is 5.73. The lowest BCUT2D eigenvalue weighted by molar-refractivity contribution is 0.0387. The molecular weight excluding hydrogens is 200 g/mol. The van der Waals surface area contributed by atoms with E-state index < -0.39 is 0 Å². The molecule has 0 bridgehead atoms. The van der Waals surface area contributed by atoms with Crippen LogP contribution in [0.25, 0.3) is 0 Å². The highest BCUT2D eigenvalue weighted by molar-refractivity contribution is 4.80. The monoisotopic (exact) mass is 226 g/mol. The minimum absolute atomic E-state index is 0.779. The van der Waals surface area contributed by atoms with Gasteiger partial charge in [-0.2, -0.15) is 0 Å². The van der Waals surface area contributed by atoms with Crippen molar-refractivity contribution in [3.63, 3.8) is 0 Å². The Morgan fingerprint density at radius 2 is 2.00 bits per heavy atom. The largest absolute Gasteiger partial charge is 0.381 e. The first-order valence-electron chi connectivity index (χ1n) is 6.86. The molecule has 1 atom stereocenters. The van der Waals surface area contributed by atoms with Crippen molar-refractivity contribution in [1.82, 2.24) is 10.2 Å². The van der Waals surface area contributed by atoms with Crippen molar-refractivity contribution in [3.8, 4) is 0 Å². The molecule has 0 aromatic heterocycles. The molecule has 16 heavy (non-hydrogen) atoms. The third-order valence-electron chi connectivity index (χ3n) is 4.02. The molecule has 3 nitrogen and oxygen atoms in total. The van der Waals surface area contributed by atoms with Crippen molar-refractivity contribution in [3.05, 3.63) is 0 Å². The topological polar surface area (TPSA) is 24.5 Å². The van der Waals surface area contributed by atoms with Gasteiger partial charge >= 0.3 is 0 Å². The summed E-state index contributed by atoms with van der Waals surface area (Å²) >= 11 is 0. The summed E-state index contributed by atoms with van der Waals surface area (Å²) in [5.74, 6) is 0.881. The van der Waals surface area contributed by atoms with Crippen LogP contribution in [0.3, 0.4) is 0 Å². The van der Waals surface area contributed by atoms with Crippen LogP contribution in [-0.2, 0) is 4.74 Å². The van der Waals surface area contributed by atoms with Gasteiger partial charge in [-0.1, -0.05) is 6.42 Å². The van der Waals surface area contributed by atoms with E-state index >= 15 is 0 Å². The van der Waals surface area contributed by atoms with Gasteiger partial charge in [-0.15, -0.1) is 0 Å². The average molecular weight is 226 g/mol. The number of hydrogen-bond donors (Lipinski definition) is 1. The van der Waals surface area contributed by atoms with Gasteiger partial charge in [-0.25, -0.2) is 0 Å². The van der Waals surface area contributed by atoms with Crippen molar-refractivity contribution in [2.24, 2.45) is 5.92 Å². The quantitative estimate of drug-likeness (QED) is 0.786. The summed E-state index contributed by atoms with van der Waals surface area (Å²) in [6.07, 6.45) is 6.72. The molecule has 0 amide bonds. The maximum atomic E-state index is 5.43. The molecule has 1 unspecified atom stereocenters. The molecular formula is C13H26N2O. The number of nitrogens with one attached hydrogen (secondary N) is 1. The summed E-state index contributed by atoms with van der Waals surface area (Å²) in [6, 6.07) is 0.779. The van der Waals surface area contributed by atoms with Gasteiger partial charge in [-0.3, -0.25) is 4.90 Å². The van der Waals surface area contributed by atoms with Crippen molar-refractivity contribution in [2.45, 2.75) is 38.1 Å². The van der Waals surface area contributed by atoms with Crippen molar-refractivity contribution >= 4 is 0 Å². The van der Waals surface area contributed by atoms with Gasteiger partial charge in [0.2, 0.25) is 0 Å². The van der Waals surface area contributed by atoms with Crippen LogP contribution in [0, 0.1) is 5.92 Å². The number of nitrogens with zero attached hydrogens (tertiary/aromatic N) is 1. The average Bonchev–Trinajstić information content (AvgIpc) is 2.33. The molecule has 1 N–H and O–H groups in total. The molecule has 0 aromatic carbocycles. The van der Waals surface area contributed by atoms with Gasteiger partial charge in [0.05, 0.1) is 0 Å². The van der Waals surface area contributed by atoms with Crippen LogP contribution in [0.1, 0.15) is 32.1 Å². The zero-order valence-corrected chi connectivity index (χ0v) is 10.6. The lowest BCUT2D eigenvalue weighted by Gasteiger charge is -2.38. The van der Waals surface area contributed by atoms with E-state index in [1.165, 1.54) is 45.2 Å². The lowest BCUT2D eigenvalue weighted by atomic mass is 9.95. The normalized spacial score (nSPS) is 29.4. The van der Waals surface area contributed by atoms with Crippen LogP contribution in [0.4, 0.5) is 0 Å². The molecule has 2 saturated heterocycles. The molecule has 2 fully saturated rings. The molecule has 94 valence electrons. The van der Waals surface area contributed by atoms with E-state index in [-0.39, 0.29) is 0 Å². The fourth-order valence-corrected chi connectivity index (χ4v) is 3.03. The number of rotatable bonds is 4. The predicted molar refractivity (Wildman–Crippen MR) is 66.7 cm³/mol. The Morgan fingerprint density at radius 1 is 1.19 bits per heavy atom. The number of hydrogen-bond acceptors (Lipinski definition) is 3. The Labute approximate surface area is 99.5 Å². The second-order valence-electron chi connectivity index (χ2n) is 5.26. The van der Waals surface area contributed by atoms with Gasteiger partial charge in [0, 0.05) is 32.3 Å². The molecule has 2 aliphatic rings. The van der Waals surface area contributed by atoms with Crippen LogP contribution in [0.2, 0.25) is 0 Å². The molecule has 0 aromatic rings. The zero-order chi connectivity index (χ0) is 11.2. The van der Waals surface area contributed by atoms with Crippen molar-refractivity contribution < 1.29 is 4.74 Å². The minimum atomic E-state index is 0.779. The highest BCUT2D eigenvalue weighted by Crippen LogP contribution is 2.22. The van der Waals surface area contributed by atoms with Crippen molar-refractivity contribution in [2.75, 3.05) is 39.9 Å². The summed E-state index contributed by atoms with van der Waals surface area (Å²) in [7, 11) is 2.07. The predicted octanol–water partition coefficient (Wildman–Crippen LogP) is 1.49. The fourth-order valence-electron chi connectivity index (χ4n) is 3.03. The van der Waals surface area contributed by atoms with E-state index in [0.717, 1.165) is 31.7 Å². The lowest BCUT2D eigenvalue weighted by Crippen LogP contribution is -2.47. The van der Waals surface area contributed by atoms with Gasteiger partial charge < -0.3 is 10.1 Å². The van der Waals surface area contributed by atoms with E-state index in [9.17, 15) is 0 Å². The van der Waals surface area contributed by atoms with Gasteiger partial charge in [0.15, 0.2) is 0 Å². The Bertz CT molecular complexity index is 190. The van der Waals surface area contributed by atoms with E-state index in [1.54, 1.807) is 0 Å². The van der Waals surface area contributed by atoms with Crippen LogP contribution >= 0.6 is 0 Å². The van der Waals surface area contributed by atoms with E-state index in [4.69, 9.17) is 4.74 Å². The third-order valence-corrected chi connectivity index (χ3v) is 4.02. The number of likely N-dealkylation sites (tertiary alicyclic amines) is 1. The Morgan fingerprint density at radius 3 is 2.75 bits per heavy atom. The van der Waals surface area contributed by atoms with Gasteiger partial charge in [0.1, 0.15) is 0 Å². The summed E-state index contributed by atoms with van der Waals surface area (Å²) in [5, 5.41) is 3.34.